The summed E-state index contributed by atoms with van der Waals surface area (Å²) in [4.78, 5) is 16.5. The molecule has 3 rings (SSSR count). The predicted octanol–water partition coefficient (Wildman–Crippen LogP) is 4.64. The first-order valence-electron chi connectivity index (χ1n) is 8.01. The van der Waals surface area contributed by atoms with Crippen LogP contribution in [0.4, 0.5) is 11.5 Å². The number of para-hydroxylation sites is 1. The quantitative estimate of drug-likeness (QED) is 0.680. The van der Waals surface area contributed by atoms with E-state index in [2.05, 4.69) is 15.6 Å². The molecule has 0 bridgehead atoms. The van der Waals surface area contributed by atoms with Gasteiger partial charge in [-0.2, -0.15) is 0 Å². The highest BCUT2D eigenvalue weighted by atomic mass is 35.5. The minimum atomic E-state index is -0.177. The summed E-state index contributed by atoms with van der Waals surface area (Å²) in [5.41, 5.74) is 2.44. The molecular weight excluding hydrogens is 334 g/mol. The topological polar surface area (TPSA) is 54.0 Å². The third-order valence-corrected chi connectivity index (χ3v) is 3.90. The first kappa shape index (κ1) is 17.0. The molecule has 0 saturated carbocycles. The molecular formula is C20H18ClN3O. The van der Waals surface area contributed by atoms with Crippen molar-refractivity contribution in [3.05, 3.63) is 89.1 Å². The maximum absolute atomic E-state index is 12.2. The van der Waals surface area contributed by atoms with Crippen LogP contribution in [0.3, 0.4) is 0 Å². The zero-order valence-corrected chi connectivity index (χ0v) is 14.3. The van der Waals surface area contributed by atoms with Crippen LogP contribution >= 0.6 is 11.6 Å². The Labute approximate surface area is 151 Å². The van der Waals surface area contributed by atoms with Crippen molar-refractivity contribution in [3.8, 4) is 0 Å². The SMILES string of the molecule is O=C(Nc1ccccc1)c1ccc(NCCc2cccc(Cl)c2)nc1. The lowest BCUT2D eigenvalue weighted by atomic mass is 10.1. The van der Waals surface area contributed by atoms with Gasteiger partial charge in [-0.25, -0.2) is 4.98 Å². The van der Waals surface area contributed by atoms with Gasteiger partial charge in [-0.1, -0.05) is 41.9 Å². The fourth-order valence-electron chi connectivity index (χ4n) is 2.38. The number of aromatic nitrogens is 1. The molecule has 2 aromatic carbocycles. The van der Waals surface area contributed by atoms with E-state index in [-0.39, 0.29) is 5.91 Å². The molecule has 0 aliphatic carbocycles. The van der Waals surface area contributed by atoms with Crippen molar-refractivity contribution in [3.63, 3.8) is 0 Å². The van der Waals surface area contributed by atoms with Crippen LogP contribution in [0.15, 0.2) is 72.9 Å². The number of benzene rings is 2. The van der Waals surface area contributed by atoms with Crippen molar-refractivity contribution >= 4 is 29.0 Å². The number of halogens is 1. The molecule has 4 nitrogen and oxygen atoms in total. The average Bonchev–Trinajstić information content (AvgIpc) is 2.63. The van der Waals surface area contributed by atoms with Gasteiger partial charge < -0.3 is 10.6 Å². The lowest BCUT2D eigenvalue weighted by Gasteiger charge is -2.08. The number of nitrogens with zero attached hydrogens (tertiary/aromatic N) is 1. The van der Waals surface area contributed by atoms with Crippen LogP contribution in [0.5, 0.6) is 0 Å². The molecule has 0 unspecified atom stereocenters. The van der Waals surface area contributed by atoms with Crippen molar-refractivity contribution in [1.29, 1.82) is 0 Å². The molecule has 0 spiro atoms. The lowest BCUT2D eigenvalue weighted by Crippen LogP contribution is -2.12. The number of nitrogens with one attached hydrogen (secondary N) is 2. The highest BCUT2D eigenvalue weighted by Crippen LogP contribution is 2.12. The van der Waals surface area contributed by atoms with Gasteiger partial charge in [0, 0.05) is 23.5 Å². The monoisotopic (exact) mass is 351 g/mol. The molecule has 1 aromatic heterocycles. The molecule has 1 amide bonds. The van der Waals surface area contributed by atoms with Crippen LogP contribution in [0, 0.1) is 0 Å². The Kier molecular flexibility index (Phi) is 5.65. The third kappa shape index (κ3) is 5.06. The predicted molar refractivity (Wildman–Crippen MR) is 102 cm³/mol. The van der Waals surface area contributed by atoms with Gasteiger partial charge in [0.25, 0.3) is 5.91 Å². The fraction of sp³-hybridized carbons (Fsp3) is 0.100. The minimum Gasteiger partial charge on any atom is -0.370 e. The Morgan fingerprint density at radius 1 is 1.00 bits per heavy atom. The van der Waals surface area contributed by atoms with Gasteiger partial charge in [0.15, 0.2) is 0 Å². The molecule has 0 atom stereocenters. The van der Waals surface area contributed by atoms with Gasteiger partial charge in [-0.05, 0) is 48.4 Å². The second kappa shape index (κ2) is 8.31. The minimum absolute atomic E-state index is 0.177. The first-order chi connectivity index (χ1) is 12.2. The van der Waals surface area contributed by atoms with E-state index < -0.39 is 0 Å². The first-order valence-corrected chi connectivity index (χ1v) is 8.39. The molecule has 1 heterocycles. The van der Waals surface area contributed by atoms with Crippen LogP contribution in [0.1, 0.15) is 15.9 Å². The standard InChI is InChI=1S/C20H18ClN3O/c21-17-6-4-5-15(13-17)11-12-22-19-10-9-16(14-23-19)20(25)24-18-7-2-1-3-8-18/h1-10,13-14H,11-12H2,(H,22,23)(H,24,25). The maximum Gasteiger partial charge on any atom is 0.257 e. The largest absolute Gasteiger partial charge is 0.370 e. The lowest BCUT2D eigenvalue weighted by molar-refractivity contribution is 0.102. The molecule has 5 heteroatoms. The summed E-state index contributed by atoms with van der Waals surface area (Å²) in [5.74, 6) is 0.558. The average molecular weight is 352 g/mol. The Bertz CT molecular complexity index is 835. The summed E-state index contributed by atoms with van der Waals surface area (Å²) in [7, 11) is 0. The molecule has 0 aliphatic heterocycles. The molecule has 0 radical (unpaired) electrons. The summed E-state index contributed by atoms with van der Waals surface area (Å²) < 4.78 is 0. The third-order valence-electron chi connectivity index (χ3n) is 3.67. The fourth-order valence-corrected chi connectivity index (χ4v) is 2.60. The van der Waals surface area contributed by atoms with Crippen LogP contribution in [-0.2, 0) is 6.42 Å². The molecule has 126 valence electrons. The summed E-state index contributed by atoms with van der Waals surface area (Å²) >= 11 is 5.98. The van der Waals surface area contributed by atoms with E-state index in [9.17, 15) is 4.79 Å². The van der Waals surface area contributed by atoms with Gasteiger partial charge >= 0.3 is 0 Å². The van der Waals surface area contributed by atoms with Crippen molar-refractivity contribution < 1.29 is 4.79 Å². The van der Waals surface area contributed by atoms with Crippen molar-refractivity contribution in [1.82, 2.24) is 4.98 Å². The smallest absolute Gasteiger partial charge is 0.257 e. The van der Waals surface area contributed by atoms with Crippen LogP contribution in [-0.4, -0.2) is 17.4 Å². The summed E-state index contributed by atoms with van der Waals surface area (Å²) in [6, 6.07) is 20.7. The second-order valence-electron chi connectivity index (χ2n) is 5.56. The van der Waals surface area contributed by atoms with Crippen molar-refractivity contribution in [2.45, 2.75) is 6.42 Å². The van der Waals surface area contributed by atoms with E-state index in [4.69, 9.17) is 11.6 Å². The van der Waals surface area contributed by atoms with E-state index in [1.165, 1.54) is 5.56 Å². The molecule has 25 heavy (non-hydrogen) atoms. The Balaban J connectivity index is 1.52. The normalized spacial score (nSPS) is 10.3. The van der Waals surface area contributed by atoms with E-state index in [0.717, 1.165) is 29.5 Å². The van der Waals surface area contributed by atoms with Crippen LogP contribution in [0.25, 0.3) is 0 Å². The van der Waals surface area contributed by atoms with E-state index >= 15 is 0 Å². The van der Waals surface area contributed by atoms with Gasteiger partial charge in [0.1, 0.15) is 5.82 Å². The van der Waals surface area contributed by atoms with Gasteiger partial charge in [-0.3, -0.25) is 4.79 Å². The van der Waals surface area contributed by atoms with E-state index in [1.54, 1.807) is 18.3 Å². The van der Waals surface area contributed by atoms with Gasteiger partial charge in [-0.15, -0.1) is 0 Å². The highest BCUT2D eigenvalue weighted by Gasteiger charge is 2.06. The molecule has 0 saturated heterocycles. The Hall–Kier alpha value is -2.85. The number of hydrogen-bond acceptors (Lipinski definition) is 3. The zero-order valence-electron chi connectivity index (χ0n) is 13.6. The number of anilines is 2. The molecule has 0 fully saturated rings. The number of carbonyl (C=O) groups is 1. The van der Waals surface area contributed by atoms with Gasteiger partial charge in [0.2, 0.25) is 0 Å². The Morgan fingerprint density at radius 2 is 1.84 bits per heavy atom. The highest BCUT2D eigenvalue weighted by molar-refractivity contribution is 6.30. The number of carbonyl (C=O) groups excluding carboxylic acids is 1. The molecule has 0 aliphatic rings. The summed E-state index contributed by atoms with van der Waals surface area (Å²) in [6.07, 6.45) is 2.42. The second-order valence-corrected chi connectivity index (χ2v) is 6.00. The summed E-state index contributed by atoms with van der Waals surface area (Å²) in [6.45, 7) is 0.739. The van der Waals surface area contributed by atoms with Crippen molar-refractivity contribution in [2.24, 2.45) is 0 Å². The maximum atomic E-state index is 12.2. The van der Waals surface area contributed by atoms with E-state index in [1.807, 2.05) is 54.6 Å². The number of hydrogen-bond donors (Lipinski definition) is 2. The van der Waals surface area contributed by atoms with Crippen LogP contribution < -0.4 is 10.6 Å². The summed E-state index contributed by atoms with van der Waals surface area (Å²) in [5, 5.41) is 6.82. The van der Waals surface area contributed by atoms with Gasteiger partial charge in [0.05, 0.1) is 5.56 Å². The number of pyridine rings is 1. The van der Waals surface area contributed by atoms with E-state index in [0.29, 0.717) is 5.56 Å². The van der Waals surface area contributed by atoms with Crippen molar-refractivity contribution in [2.75, 3.05) is 17.2 Å². The number of rotatable bonds is 6. The molecule has 2 N–H and O–H groups in total. The van der Waals surface area contributed by atoms with Crippen LogP contribution in [0.2, 0.25) is 5.02 Å². The molecule has 3 aromatic rings. The number of amides is 1. The Morgan fingerprint density at radius 3 is 2.56 bits per heavy atom. The zero-order chi connectivity index (χ0) is 17.5.